The van der Waals surface area contributed by atoms with E-state index >= 15 is 0 Å². The van der Waals surface area contributed by atoms with Gasteiger partial charge in [0.1, 0.15) is 11.9 Å². The Morgan fingerprint density at radius 2 is 2.00 bits per heavy atom. The van der Waals surface area contributed by atoms with E-state index in [0.717, 1.165) is 33.5 Å². The van der Waals surface area contributed by atoms with Gasteiger partial charge in [0.25, 0.3) is 0 Å². The molecule has 0 radical (unpaired) electrons. The summed E-state index contributed by atoms with van der Waals surface area (Å²) >= 11 is 0. The number of benzene rings is 2. The first-order valence-corrected chi connectivity index (χ1v) is 7.63. The number of nitriles is 1. The molecule has 0 saturated heterocycles. The Morgan fingerprint density at radius 3 is 2.79 bits per heavy atom. The number of aromatic amines is 1. The zero-order valence-corrected chi connectivity index (χ0v) is 13.4. The van der Waals surface area contributed by atoms with Gasteiger partial charge in [0.05, 0.1) is 16.6 Å². The van der Waals surface area contributed by atoms with E-state index in [1.165, 1.54) is 0 Å². The molecule has 1 aromatic heterocycles. The van der Waals surface area contributed by atoms with Crippen LogP contribution in [0.4, 0.5) is 0 Å². The van der Waals surface area contributed by atoms with Gasteiger partial charge in [0.15, 0.2) is 11.5 Å². The van der Waals surface area contributed by atoms with E-state index in [1.807, 2.05) is 50.3 Å². The average Bonchev–Trinajstić information content (AvgIpc) is 3.17. The summed E-state index contributed by atoms with van der Waals surface area (Å²) in [5, 5.41) is 9.57. The third kappa shape index (κ3) is 2.38. The fourth-order valence-corrected chi connectivity index (χ4v) is 2.77. The molecule has 0 spiro atoms. The second-order valence-electron chi connectivity index (χ2n) is 5.84. The van der Waals surface area contributed by atoms with Crippen molar-refractivity contribution in [3.05, 3.63) is 52.8 Å². The van der Waals surface area contributed by atoms with Crippen molar-refractivity contribution in [2.24, 2.45) is 0 Å². The maximum absolute atomic E-state index is 9.57. The third-order valence-corrected chi connectivity index (χ3v) is 4.07. The van der Waals surface area contributed by atoms with Crippen LogP contribution in [0.1, 0.15) is 22.5 Å². The highest BCUT2D eigenvalue weighted by Crippen LogP contribution is 2.35. The molecule has 24 heavy (non-hydrogen) atoms. The molecule has 1 N–H and O–H groups in total. The maximum Gasteiger partial charge on any atom is 0.231 e. The van der Waals surface area contributed by atoms with Crippen molar-refractivity contribution in [1.29, 1.82) is 5.26 Å². The molecular weight excluding hydrogens is 302 g/mol. The Balaban J connectivity index is 1.80. The average molecular weight is 317 g/mol. The fourth-order valence-electron chi connectivity index (χ4n) is 2.77. The molecule has 5 nitrogen and oxygen atoms in total. The van der Waals surface area contributed by atoms with Crippen LogP contribution >= 0.6 is 0 Å². The Labute approximate surface area is 139 Å². The summed E-state index contributed by atoms with van der Waals surface area (Å²) in [7, 11) is 0. The first kappa shape index (κ1) is 14.3. The van der Waals surface area contributed by atoms with Crippen LogP contribution in [0.3, 0.4) is 0 Å². The Morgan fingerprint density at radius 1 is 1.21 bits per heavy atom. The molecule has 0 amide bonds. The van der Waals surface area contributed by atoms with Gasteiger partial charge < -0.3 is 14.5 Å². The summed E-state index contributed by atoms with van der Waals surface area (Å²) in [4.78, 5) is 7.74. The summed E-state index contributed by atoms with van der Waals surface area (Å²) in [5.74, 6) is 2.00. The number of rotatable bonds is 2. The van der Waals surface area contributed by atoms with Gasteiger partial charge in [-0.05, 0) is 60.9 Å². The van der Waals surface area contributed by atoms with Gasteiger partial charge >= 0.3 is 0 Å². The minimum absolute atomic E-state index is 0.232. The molecule has 1 aliphatic heterocycles. The van der Waals surface area contributed by atoms with Crippen molar-refractivity contribution in [1.82, 2.24) is 9.97 Å². The highest BCUT2D eigenvalue weighted by atomic mass is 16.7. The van der Waals surface area contributed by atoms with Gasteiger partial charge in [-0.2, -0.15) is 5.26 Å². The highest BCUT2D eigenvalue weighted by Gasteiger charge is 2.16. The monoisotopic (exact) mass is 317 g/mol. The number of hydrogen-bond acceptors (Lipinski definition) is 4. The molecule has 0 bridgehead atoms. The third-order valence-electron chi connectivity index (χ3n) is 4.07. The molecular formula is C19H15N3O2. The van der Waals surface area contributed by atoms with E-state index in [-0.39, 0.29) is 6.79 Å². The number of aryl methyl sites for hydroxylation is 2. The van der Waals surface area contributed by atoms with E-state index in [4.69, 9.17) is 9.47 Å². The molecule has 2 aromatic carbocycles. The van der Waals surface area contributed by atoms with Crippen LogP contribution in [0, 0.1) is 25.2 Å². The lowest BCUT2D eigenvalue weighted by atomic mass is 10.0. The first-order valence-electron chi connectivity index (χ1n) is 7.63. The van der Waals surface area contributed by atoms with E-state index < -0.39 is 0 Å². The number of fused-ring (bicyclic) bond motifs is 2. The maximum atomic E-state index is 9.57. The molecule has 0 saturated carbocycles. The normalized spacial score (nSPS) is 13.3. The van der Waals surface area contributed by atoms with Crippen LogP contribution in [0.2, 0.25) is 0 Å². The largest absolute Gasteiger partial charge is 0.454 e. The van der Waals surface area contributed by atoms with Crippen LogP contribution < -0.4 is 9.47 Å². The zero-order chi connectivity index (χ0) is 16.7. The van der Waals surface area contributed by atoms with Crippen molar-refractivity contribution in [3.8, 4) is 17.6 Å². The minimum atomic E-state index is 0.232. The van der Waals surface area contributed by atoms with Gasteiger partial charge in [-0.1, -0.05) is 6.07 Å². The molecule has 0 atom stereocenters. The second-order valence-corrected chi connectivity index (χ2v) is 5.84. The molecule has 0 fully saturated rings. The van der Waals surface area contributed by atoms with Gasteiger partial charge in [-0.3, -0.25) is 0 Å². The Hall–Kier alpha value is -3.26. The number of nitrogens with one attached hydrogen (secondary N) is 1. The predicted octanol–water partition coefficient (Wildman–Crippen LogP) is 3.97. The number of aromatic nitrogens is 2. The molecule has 118 valence electrons. The number of nitrogens with zero attached hydrogens (tertiary/aromatic N) is 2. The summed E-state index contributed by atoms with van der Waals surface area (Å²) < 4.78 is 10.8. The van der Waals surface area contributed by atoms with Crippen LogP contribution in [0.25, 0.3) is 22.7 Å². The number of ether oxygens (including phenoxy) is 2. The molecule has 3 aromatic rings. The summed E-state index contributed by atoms with van der Waals surface area (Å²) in [6.45, 7) is 4.23. The lowest BCUT2D eigenvalue weighted by Gasteiger charge is -2.04. The smallest absolute Gasteiger partial charge is 0.231 e. The van der Waals surface area contributed by atoms with E-state index in [9.17, 15) is 5.26 Å². The highest BCUT2D eigenvalue weighted by molar-refractivity contribution is 5.91. The molecule has 0 unspecified atom stereocenters. The summed E-state index contributed by atoms with van der Waals surface area (Å²) in [5.41, 5.74) is 5.32. The number of imidazole rings is 1. The van der Waals surface area contributed by atoms with E-state index in [0.29, 0.717) is 17.1 Å². The standard InChI is InChI=1S/C19H15N3O2/c1-11-3-4-15-16(5-11)22-19(21-15)14(9-20)7-13-8-18-17(6-12(13)2)23-10-24-18/h3-8H,10H2,1-2H3,(H,21,22)/b14-7-. The van der Waals surface area contributed by atoms with Crippen LogP contribution in [0.5, 0.6) is 11.5 Å². The molecule has 1 aliphatic rings. The number of allylic oxidation sites excluding steroid dienone is 1. The number of hydrogen-bond donors (Lipinski definition) is 1. The topological polar surface area (TPSA) is 70.9 Å². The Kier molecular flexibility index (Phi) is 3.24. The molecule has 2 heterocycles. The lowest BCUT2D eigenvalue weighted by Crippen LogP contribution is -1.92. The number of H-pyrrole nitrogens is 1. The second kappa shape index (κ2) is 5.43. The Bertz CT molecular complexity index is 1030. The van der Waals surface area contributed by atoms with Gasteiger partial charge in [0.2, 0.25) is 6.79 Å². The summed E-state index contributed by atoms with van der Waals surface area (Å²) in [6, 6.07) is 12.0. The van der Waals surface area contributed by atoms with Crippen LogP contribution in [0.15, 0.2) is 30.3 Å². The van der Waals surface area contributed by atoms with Crippen molar-refractivity contribution in [3.63, 3.8) is 0 Å². The summed E-state index contributed by atoms with van der Waals surface area (Å²) in [6.07, 6.45) is 1.82. The van der Waals surface area contributed by atoms with Crippen LogP contribution in [-0.2, 0) is 0 Å². The molecule has 0 aliphatic carbocycles. The minimum Gasteiger partial charge on any atom is -0.454 e. The molecule has 5 heteroatoms. The lowest BCUT2D eigenvalue weighted by molar-refractivity contribution is 0.174. The fraction of sp³-hybridized carbons (Fsp3) is 0.158. The van der Waals surface area contributed by atoms with Crippen molar-refractivity contribution < 1.29 is 9.47 Å². The van der Waals surface area contributed by atoms with Crippen LogP contribution in [-0.4, -0.2) is 16.8 Å². The predicted molar refractivity (Wildman–Crippen MR) is 91.6 cm³/mol. The van der Waals surface area contributed by atoms with Gasteiger partial charge in [-0.25, -0.2) is 4.98 Å². The van der Waals surface area contributed by atoms with Gasteiger partial charge in [-0.15, -0.1) is 0 Å². The zero-order valence-electron chi connectivity index (χ0n) is 13.4. The molecule has 4 rings (SSSR count). The van der Waals surface area contributed by atoms with Crippen molar-refractivity contribution >= 4 is 22.7 Å². The van der Waals surface area contributed by atoms with E-state index in [2.05, 4.69) is 16.0 Å². The first-order chi connectivity index (χ1) is 11.6. The quantitative estimate of drug-likeness (QED) is 0.726. The van der Waals surface area contributed by atoms with Crippen molar-refractivity contribution in [2.75, 3.05) is 6.79 Å². The van der Waals surface area contributed by atoms with Gasteiger partial charge in [0, 0.05) is 0 Å². The SMILES string of the molecule is Cc1ccc2nc(/C(C#N)=C\c3cc4c(cc3C)OCO4)[nH]c2c1. The van der Waals surface area contributed by atoms with Crippen molar-refractivity contribution in [2.45, 2.75) is 13.8 Å². The van der Waals surface area contributed by atoms with E-state index in [1.54, 1.807) is 0 Å².